The minimum atomic E-state index is -0.561. The quantitative estimate of drug-likeness (QED) is 0.817. The Hall–Kier alpha value is -2.37. The Labute approximate surface area is 129 Å². The summed E-state index contributed by atoms with van der Waals surface area (Å²) >= 11 is 0. The Morgan fingerprint density at radius 3 is 1.77 bits per heavy atom. The minimum Gasteiger partial charge on any atom is -0.462 e. The number of esters is 2. The highest BCUT2D eigenvalue weighted by molar-refractivity contribution is 5.99. The molecule has 1 amide bonds. The van der Waals surface area contributed by atoms with Gasteiger partial charge >= 0.3 is 11.9 Å². The molecule has 0 aromatic heterocycles. The lowest BCUT2D eigenvalue weighted by Gasteiger charge is -2.11. The highest BCUT2D eigenvalue weighted by atomic mass is 16.5. The number of nitrogens with one attached hydrogen (secondary N) is 1. The standard InChI is InChI=1S/C16H21NO5/c1-5-21-15(19)11-7-12(16(20)22-6-2)9-13(8-11)17-14(18)10(3)4/h7-10H,5-6H2,1-4H3,(H,17,18). The molecule has 22 heavy (non-hydrogen) atoms. The van der Waals surface area contributed by atoms with Gasteiger partial charge in [-0.1, -0.05) is 13.8 Å². The van der Waals surface area contributed by atoms with Crippen LogP contribution in [0, 0.1) is 5.92 Å². The van der Waals surface area contributed by atoms with Gasteiger partial charge in [-0.2, -0.15) is 0 Å². The zero-order chi connectivity index (χ0) is 16.7. The first-order chi connectivity index (χ1) is 10.4. The van der Waals surface area contributed by atoms with Gasteiger partial charge in [-0.25, -0.2) is 9.59 Å². The predicted octanol–water partition coefficient (Wildman–Crippen LogP) is 2.63. The maximum Gasteiger partial charge on any atom is 0.338 e. The molecule has 0 aliphatic carbocycles. The Kier molecular flexibility index (Phi) is 6.56. The van der Waals surface area contributed by atoms with Crippen molar-refractivity contribution < 1.29 is 23.9 Å². The molecular formula is C16H21NO5. The molecule has 6 nitrogen and oxygen atoms in total. The SMILES string of the molecule is CCOC(=O)c1cc(NC(=O)C(C)C)cc(C(=O)OCC)c1. The lowest BCUT2D eigenvalue weighted by Crippen LogP contribution is -2.19. The fourth-order valence-corrected chi connectivity index (χ4v) is 1.65. The van der Waals surface area contributed by atoms with Gasteiger partial charge in [0.25, 0.3) is 0 Å². The van der Waals surface area contributed by atoms with Crippen LogP contribution in [0.2, 0.25) is 0 Å². The molecule has 0 spiro atoms. The van der Waals surface area contributed by atoms with Crippen molar-refractivity contribution in [2.45, 2.75) is 27.7 Å². The van der Waals surface area contributed by atoms with E-state index < -0.39 is 11.9 Å². The Morgan fingerprint density at radius 1 is 0.955 bits per heavy atom. The Bertz CT molecular complexity index is 529. The number of carbonyl (C=O) groups excluding carboxylic acids is 3. The smallest absolute Gasteiger partial charge is 0.338 e. The van der Waals surface area contributed by atoms with E-state index in [1.165, 1.54) is 18.2 Å². The maximum absolute atomic E-state index is 11.9. The molecule has 120 valence electrons. The van der Waals surface area contributed by atoms with Crippen LogP contribution in [-0.4, -0.2) is 31.1 Å². The zero-order valence-electron chi connectivity index (χ0n) is 13.3. The average Bonchev–Trinajstić information content (AvgIpc) is 2.47. The normalized spacial score (nSPS) is 10.2. The second-order valence-electron chi connectivity index (χ2n) is 4.88. The van der Waals surface area contributed by atoms with Crippen molar-refractivity contribution in [2.24, 2.45) is 5.92 Å². The number of anilines is 1. The fraction of sp³-hybridized carbons (Fsp3) is 0.438. The number of ether oxygens (including phenoxy) is 2. The number of amides is 1. The highest BCUT2D eigenvalue weighted by Gasteiger charge is 2.16. The van der Waals surface area contributed by atoms with Gasteiger partial charge in [-0.05, 0) is 32.0 Å². The lowest BCUT2D eigenvalue weighted by molar-refractivity contribution is -0.118. The second-order valence-corrected chi connectivity index (χ2v) is 4.88. The van der Waals surface area contributed by atoms with Gasteiger partial charge in [0.2, 0.25) is 5.91 Å². The highest BCUT2D eigenvalue weighted by Crippen LogP contribution is 2.18. The van der Waals surface area contributed by atoms with Gasteiger partial charge < -0.3 is 14.8 Å². The third-order valence-corrected chi connectivity index (χ3v) is 2.75. The van der Waals surface area contributed by atoms with Crippen molar-refractivity contribution in [1.82, 2.24) is 0 Å². The molecule has 0 radical (unpaired) electrons. The summed E-state index contributed by atoms with van der Waals surface area (Å²) in [4.78, 5) is 35.5. The number of hydrogen-bond donors (Lipinski definition) is 1. The van der Waals surface area contributed by atoms with Crippen LogP contribution in [0.25, 0.3) is 0 Å². The first-order valence-electron chi connectivity index (χ1n) is 7.19. The Morgan fingerprint density at radius 2 is 1.41 bits per heavy atom. The summed E-state index contributed by atoms with van der Waals surface area (Å²) < 4.78 is 9.85. The summed E-state index contributed by atoms with van der Waals surface area (Å²) in [6.45, 7) is 7.31. The number of carbonyl (C=O) groups is 3. The molecule has 0 saturated carbocycles. The molecule has 1 N–H and O–H groups in total. The molecule has 1 aromatic rings. The largest absolute Gasteiger partial charge is 0.462 e. The van der Waals surface area contributed by atoms with Crippen molar-refractivity contribution in [3.8, 4) is 0 Å². The molecule has 0 saturated heterocycles. The van der Waals surface area contributed by atoms with Gasteiger partial charge in [0.05, 0.1) is 24.3 Å². The van der Waals surface area contributed by atoms with Crippen LogP contribution in [0.4, 0.5) is 5.69 Å². The third kappa shape index (κ3) is 4.87. The van der Waals surface area contributed by atoms with Crippen molar-refractivity contribution in [2.75, 3.05) is 18.5 Å². The van der Waals surface area contributed by atoms with E-state index in [1.54, 1.807) is 27.7 Å². The average molecular weight is 307 g/mol. The van der Waals surface area contributed by atoms with Gasteiger partial charge in [0.15, 0.2) is 0 Å². The molecule has 1 rings (SSSR count). The third-order valence-electron chi connectivity index (χ3n) is 2.75. The van der Waals surface area contributed by atoms with Crippen LogP contribution in [0.5, 0.6) is 0 Å². The monoisotopic (exact) mass is 307 g/mol. The molecule has 0 unspecified atom stereocenters. The molecule has 1 aromatic carbocycles. The lowest BCUT2D eigenvalue weighted by atomic mass is 10.1. The fourth-order valence-electron chi connectivity index (χ4n) is 1.65. The van der Waals surface area contributed by atoms with E-state index in [-0.39, 0.29) is 36.2 Å². The van der Waals surface area contributed by atoms with Crippen molar-refractivity contribution in [3.63, 3.8) is 0 Å². The van der Waals surface area contributed by atoms with E-state index in [0.717, 1.165) is 0 Å². The van der Waals surface area contributed by atoms with Gasteiger partial charge in [-0.15, -0.1) is 0 Å². The minimum absolute atomic E-state index is 0.187. The summed E-state index contributed by atoms with van der Waals surface area (Å²) in [5.74, 6) is -1.56. The summed E-state index contributed by atoms with van der Waals surface area (Å²) in [6.07, 6.45) is 0. The summed E-state index contributed by atoms with van der Waals surface area (Å²) in [5, 5.41) is 2.66. The topological polar surface area (TPSA) is 81.7 Å². The van der Waals surface area contributed by atoms with Gasteiger partial charge in [-0.3, -0.25) is 4.79 Å². The summed E-state index contributed by atoms with van der Waals surface area (Å²) in [7, 11) is 0. The molecule has 0 aliphatic rings. The summed E-state index contributed by atoms with van der Waals surface area (Å²) in [6, 6.07) is 4.34. The van der Waals surface area contributed by atoms with E-state index >= 15 is 0 Å². The zero-order valence-corrected chi connectivity index (χ0v) is 13.3. The number of hydrogen-bond acceptors (Lipinski definition) is 5. The molecule has 0 fully saturated rings. The van der Waals surface area contributed by atoms with Crippen LogP contribution >= 0.6 is 0 Å². The Balaban J connectivity index is 3.17. The van der Waals surface area contributed by atoms with E-state index in [1.807, 2.05) is 0 Å². The maximum atomic E-state index is 11.9. The van der Waals surface area contributed by atoms with Crippen molar-refractivity contribution >= 4 is 23.5 Å². The van der Waals surface area contributed by atoms with Crippen LogP contribution in [0.3, 0.4) is 0 Å². The first kappa shape index (κ1) is 17.7. The molecule has 0 bridgehead atoms. The molecule has 0 heterocycles. The molecular weight excluding hydrogens is 286 g/mol. The molecule has 0 aliphatic heterocycles. The van der Waals surface area contributed by atoms with E-state index in [2.05, 4.69) is 5.32 Å². The predicted molar refractivity (Wildman–Crippen MR) is 81.8 cm³/mol. The van der Waals surface area contributed by atoms with Gasteiger partial charge in [0, 0.05) is 11.6 Å². The van der Waals surface area contributed by atoms with Crippen LogP contribution in [-0.2, 0) is 14.3 Å². The van der Waals surface area contributed by atoms with E-state index in [0.29, 0.717) is 5.69 Å². The molecule has 0 atom stereocenters. The van der Waals surface area contributed by atoms with Gasteiger partial charge in [0.1, 0.15) is 0 Å². The van der Waals surface area contributed by atoms with Crippen LogP contribution in [0.1, 0.15) is 48.4 Å². The van der Waals surface area contributed by atoms with E-state index in [4.69, 9.17) is 9.47 Å². The number of benzene rings is 1. The second kappa shape index (κ2) is 8.17. The number of rotatable bonds is 6. The van der Waals surface area contributed by atoms with Crippen molar-refractivity contribution in [3.05, 3.63) is 29.3 Å². The molecule has 6 heteroatoms. The van der Waals surface area contributed by atoms with E-state index in [9.17, 15) is 14.4 Å². The van der Waals surface area contributed by atoms with Crippen LogP contribution in [0.15, 0.2) is 18.2 Å². The first-order valence-corrected chi connectivity index (χ1v) is 7.19. The van der Waals surface area contributed by atoms with Crippen LogP contribution < -0.4 is 5.32 Å². The summed E-state index contributed by atoms with van der Waals surface area (Å²) in [5.41, 5.74) is 0.727. The van der Waals surface area contributed by atoms with Crippen molar-refractivity contribution in [1.29, 1.82) is 0 Å².